The average molecular weight is 426 g/mol. The molecule has 31 heavy (non-hydrogen) atoms. The summed E-state index contributed by atoms with van der Waals surface area (Å²) >= 11 is 0. The van der Waals surface area contributed by atoms with Crippen LogP contribution in [0.4, 0.5) is 0 Å². The minimum atomic E-state index is -0.252. The first-order chi connectivity index (χ1) is 14.9. The van der Waals surface area contributed by atoms with E-state index in [9.17, 15) is 14.4 Å². The van der Waals surface area contributed by atoms with E-state index in [1.54, 1.807) is 32.5 Å². The third kappa shape index (κ3) is 5.31. The van der Waals surface area contributed by atoms with Gasteiger partial charge in [-0.3, -0.25) is 19.1 Å². The smallest absolute Gasteiger partial charge is 0.274 e. The molecule has 0 saturated heterocycles. The van der Waals surface area contributed by atoms with Gasteiger partial charge < -0.3 is 14.7 Å². The molecule has 0 radical (unpaired) electrons. The molecule has 0 unspecified atom stereocenters. The molecule has 166 valence electrons. The number of aryl methyl sites for hydroxylation is 1. The SMILES string of the molecule is CCN(C)C(=O)CCN(CC)C(=O)c1cc2n(n1)CCCN(Cc1ccccc1)C2=O. The number of aromatic nitrogens is 2. The fourth-order valence-electron chi connectivity index (χ4n) is 3.66. The highest BCUT2D eigenvalue weighted by Gasteiger charge is 2.28. The number of fused-ring (bicyclic) bond motifs is 1. The van der Waals surface area contributed by atoms with Gasteiger partial charge in [-0.1, -0.05) is 30.3 Å². The summed E-state index contributed by atoms with van der Waals surface area (Å²) in [6.45, 7) is 6.99. The summed E-state index contributed by atoms with van der Waals surface area (Å²) < 4.78 is 1.64. The molecule has 0 saturated carbocycles. The van der Waals surface area contributed by atoms with Crippen molar-refractivity contribution in [1.29, 1.82) is 0 Å². The Morgan fingerprint density at radius 2 is 1.84 bits per heavy atom. The average Bonchev–Trinajstić information content (AvgIpc) is 3.16. The zero-order valence-corrected chi connectivity index (χ0v) is 18.6. The maximum atomic E-state index is 13.1. The van der Waals surface area contributed by atoms with Gasteiger partial charge in [-0.2, -0.15) is 5.10 Å². The summed E-state index contributed by atoms with van der Waals surface area (Å²) in [4.78, 5) is 43.3. The van der Waals surface area contributed by atoms with Crippen LogP contribution in [0.3, 0.4) is 0 Å². The van der Waals surface area contributed by atoms with E-state index in [4.69, 9.17) is 0 Å². The van der Waals surface area contributed by atoms with Crippen molar-refractivity contribution in [2.24, 2.45) is 0 Å². The number of carbonyl (C=O) groups excluding carboxylic acids is 3. The van der Waals surface area contributed by atoms with Crippen LogP contribution in [0.15, 0.2) is 36.4 Å². The minimum absolute atomic E-state index is 0.00102. The Morgan fingerprint density at radius 3 is 2.52 bits per heavy atom. The van der Waals surface area contributed by atoms with E-state index in [0.717, 1.165) is 12.0 Å². The Bertz CT molecular complexity index is 925. The van der Waals surface area contributed by atoms with Gasteiger partial charge in [0.2, 0.25) is 5.91 Å². The molecule has 0 fully saturated rings. The van der Waals surface area contributed by atoms with Gasteiger partial charge in [0.25, 0.3) is 11.8 Å². The van der Waals surface area contributed by atoms with E-state index in [0.29, 0.717) is 45.0 Å². The zero-order valence-electron chi connectivity index (χ0n) is 18.6. The fraction of sp³-hybridized carbons (Fsp3) is 0.478. The summed E-state index contributed by atoms with van der Waals surface area (Å²) in [5.41, 5.74) is 1.76. The Balaban J connectivity index is 1.72. The lowest BCUT2D eigenvalue weighted by molar-refractivity contribution is -0.129. The van der Waals surface area contributed by atoms with E-state index in [1.807, 2.05) is 44.2 Å². The molecule has 1 aromatic heterocycles. The van der Waals surface area contributed by atoms with Crippen LogP contribution in [-0.2, 0) is 17.9 Å². The standard InChI is InChI=1S/C23H31N5O3/c1-4-25(3)21(29)12-15-26(5-2)22(30)19-16-20-23(31)27(13-9-14-28(20)24-19)17-18-10-7-6-8-11-18/h6-8,10-11,16H,4-5,9,12-15,17H2,1-3H3. The van der Waals surface area contributed by atoms with Crippen LogP contribution in [0, 0.1) is 0 Å². The first kappa shape index (κ1) is 22.5. The molecule has 3 rings (SSSR count). The predicted octanol–water partition coefficient (Wildman–Crippen LogP) is 2.26. The van der Waals surface area contributed by atoms with Crippen molar-refractivity contribution in [3.05, 3.63) is 53.3 Å². The molecule has 2 aromatic rings. The van der Waals surface area contributed by atoms with Crippen LogP contribution < -0.4 is 0 Å². The second kappa shape index (κ2) is 10.2. The van der Waals surface area contributed by atoms with Crippen LogP contribution >= 0.6 is 0 Å². The molecule has 0 N–H and O–H groups in total. The largest absolute Gasteiger partial charge is 0.346 e. The Morgan fingerprint density at radius 1 is 1.10 bits per heavy atom. The van der Waals surface area contributed by atoms with Crippen molar-refractivity contribution in [2.45, 2.75) is 39.8 Å². The van der Waals surface area contributed by atoms with E-state index in [1.165, 1.54) is 0 Å². The molecule has 0 aliphatic carbocycles. The monoisotopic (exact) mass is 425 g/mol. The third-order valence-corrected chi connectivity index (χ3v) is 5.68. The van der Waals surface area contributed by atoms with Crippen molar-refractivity contribution in [2.75, 3.05) is 33.2 Å². The lowest BCUT2D eigenvalue weighted by Crippen LogP contribution is -2.36. The minimum Gasteiger partial charge on any atom is -0.346 e. The number of rotatable bonds is 8. The molecular weight excluding hydrogens is 394 g/mol. The Labute approximate surface area is 183 Å². The van der Waals surface area contributed by atoms with E-state index in [2.05, 4.69) is 5.10 Å². The van der Waals surface area contributed by atoms with Gasteiger partial charge in [0.05, 0.1) is 0 Å². The molecule has 0 spiro atoms. The summed E-state index contributed by atoms with van der Waals surface area (Å²) in [6, 6.07) is 11.5. The van der Waals surface area contributed by atoms with Crippen LogP contribution in [0.2, 0.25) is 0 Å². The van der Waals surface area contributed by atoms with Crippen molar-refractivity contribution < 1.29 is 14.4 Å². The quantitative estimate of drug-likeness (QED) is 0.650. The van der Waals surface area contributed by atoms with Gasteiger partial charge in [0.1, 0.15) is 5.69 Å². The van der Waals surface area contributed by atoms with Gasteiger partial charge in [0.15, 0.2) is 5.69 Å². The van der Waals surface area contributed by atoms with Gasteiger partial charge >= 0.3 is 0 Å². The van der Waals surface area contributed by atoms with Crippen LogP contribution in [0.1, 0.15) is 53.2 Å². The first-order valence-corrected chi connectivity index (χ1v) is 10.9. The molecule has 8 nitrogen and oxygen atoms in total. The van der Waals surface area contributed by atoms with Crippen molar-refractivity contribution in [3.8, 4) is 0 Å². The lowest BCUT2D eigenvalue weighted by atomic mass is 10.2. The highest BCUT2D eigenvalue weighted by atomic mass is 16.2. The Hall–Kier alpha value is -3.16. The number of carbonyl (C=O) groups is 3. The number of hydrogen-bond acceptors (Lipinski definition) is 4. The van der Waals surface area contributed by atoms with E-state index < -0.39 is 0 Å². The number of benzene rings is 1. The molecule has 1 aromatic carbocycles. The van der Waals surface area contributed by atoms with E-state index in [-0.39, 0.29) is 29.8 Å². The topological polar surface area (TPSA) is 78.8 Å². The molecule has 2 heterocycles. The molecular formula is C23H31N5O3. The maximum absolute atomic E-state index is 13.1. The van der Waals surface area contributed by atoms with E-state index >= 15 is 0 Å². The van der Waals surface area contributed by atoms with Gasteiger partial charge in [-0.25, -0.2) is 0 Å². The van der Waals surface area contributed by atoms with Crippen LogP contribution in [0.5, 0.6) is 0 Å². The predicted molar refractivity (Wildman–Crippen MR) is 118 cm³/mol. The van der Waals surface area contributed by atoms with Crippen molar-refractivity contribution in [3.63, 3.8) is 0 Å². The highest BCUT2D eigenvalue weighted by Crippen LogP contribution is 2.17. The molecule has 3 amide bonds. The lowest BCUT2D eigenvalue weighted by Gasteiger charge is -2.21. The van der Waals surface area contributed by atoms with Crippen molar-refractivity contribution >= 4 is 17.7 Å². The summed E-state index contributed by atoms with van der Waals surface area (Å²) in [7, 11) is 1.75. The third-order valence-electron chi connectivity index (χ3n) is 5.68. The fourth-order valence-corrected chi connectivity index (χ4v) is 3.66. The molecule has 1 aliphatic heterocycles. The highest BCUT2D eigenvalue weighted by molar-refractivity contribution is 5.98. The number of amides is 3. The van der Waals surface area contributed by atoms with Gasteiger partial charge in [0, 0.05) is 58.8 Å². The number of nitrogens with zero attached hydrogens (tertiary/aromatic N) is 5. The zero-order chi connectivity index (χ0) is 22.4. The van der Waals surface area contributed by atoms with Gasteiger partial charge in [-0.05, 0) is 25.8 Å². The van der Waals surface area contributed by atoms with Crippen molar-refractivity contribution in [1.82, 2.24) is 24.5 Å². The molecule has 0 bridgehead atoms. The normalized spacial score (nSPS) is 13.5. The molecule has 0 atom stereocenters. The maximum Gasteiger partial charge on any atom is 0.274 e. The Kier molecular flexibility index (Phi) is 7.44. The summed E-state index contributed by atoms with van der Waals surface area (Å²) in [5.74, 6) is -0.366. The molecule has 8 heteroatoms. The number of hydrogen-bond donors (Lipinski definition) is 0. The first-order valence-electron chi connectivity index (χ1n) is 10.9. The summed E-state index contributed by atoms with van der Waals surface area (Å²) in [6.07, 6.45) is 1.04. The van der Waals surface area contributed by atoms with Crippen LogP contribution in [-0.4, -0.2) is 75.4 Å². The second-order valence-electron chi connectivity index (χ2n) is 7.75. The summed E-state index contributed by atoms with van der Waals surface area (Å²) in [5, 5.41) is 4.43. The van der Waals surface area contributed by atoms with Gasteiger partial charge in [-0.15, -0.1) is 0 Å². The van der Waals surface area contributed by atoms with Crippen LogP contribution in [0.25, 0.3) is 0 Å². The molecule has 1 aliphatic rings. The second-order valence-corrected chi connectivity index (χ2v) is 7.75.